The molecule has 0 heterocycles. The van der Waals surface area contributed by atoms with Crippen molar-refractivity contribution in [2.75, 3.05) is 5.75 Å². The zero-order valence-electron chi connectivity index (χ0n) is 6.82. The van der Waals surface area contributed by atoms with Crippen LogP contribution in [0.2, 0.25) is 0 Å². The zero-order valence-corrected chi connectivity index (χ0v) is 7.64. The Morgan fingerprint density at radius 3 is 2.67 bits per heavy atom. The number of hydrogen-bond acceptors (Lipinski definition) is 3. The Hall–Kier alpha value is -0.420. The molecule has 1 unspecified atom stereocenters. The third-order valence-corrected chi connectivity index (χ3v) is 2.99. The highest BCUT2D eigenvalue weighted by atomic mass is 32.2. The molecule has 0 aliphatic heterocycles. The van der Waals surface area contributed by atoms with Crippen molar-refractivity contribution in [3.05, 3.63) is 0 Å². The first kappa shape index (κ1) is 9.67. The average Bonchev–Trinajstić information content (AvgIpc) is 1.82. The Morgan fingerprint density at radius 1 is 1.50 bits per heavy atom. The Kier molecular flexibility index (Phi) is 2.85. The summed E-state index contributed by atoms with van der Waals surface area (Å²) < 4.78 is 21.3. The van der Waals surface area contributed by atoms with Crippen LogP contribution in [0.4, 0.5) is 0 Å². The van der Waals surface area contributed by atoms with Crippen LogP contribution in [-0.2, 0) is 14.8 Å². The van der Waals surface area contributed by atoms with Crippen molar-refractivity contribution in [2.45, 2.75) is 25.7 Å². The van der Waals surface area contributed by atoms with Crippen LogP contribution in [0.1, 0.15) is 25.7 Å². The fourth-order valence-corrected chi connectivity index (χ4v) is 2.53. The van der Waals surface area contributed by atoms with E-state index in [0.717, 1.165) is 12.8 Å². The minimum absolute atomic E-state index is 0.0405. The first-order valence-corrected chi connectivity index (χ1v) is 5.71. The lowest BCUT2D eigenvalue weighted by atomic mass is 9.90. The molecular weight excluding hydrogens is 178 g/mol. The van der Waals surface area contributed by atoms with Crippen LogP contribution in [0.3, 0.4) is 0 Å². The molecule has 1 saturated carbocycles. The van der Waals surface area contributed by atoms with Crippen molar-refractivity contribution in [3.8, 4) is 0 Å². The van der Waals surface area contributed by atoms with E-state index in [-0.39, 0.29) is 17.5 Å². The monoisotopic (exact) mass is 191 g/mol. The summed E-state index contributed by atoms with van der Waals surface area (Å²) in [6.45, 7) is 0. The summed E-state index contributed by atoms with van der Waals surface area (Å²) in [4.78, 5) is 10.9. The molecule has 0 bridgehead atoms. The van der Waals surface area contributed by atoms with Gasteiger partial charge in [-0.1, -0.05) is 0 Å². The van der Waals surface area contributed by atoms with Gasteiger partial charge >= 0.3 is 0 Å². The van der Waals surface area contributed by atoms with Crippen molar-refractivity contribution in [1.82, 2.24) is 0 Å². The van der Waals surface area contributed by atoms with Gasteiger partial charge in [0.05, 0.1) is 5.75 Å². The number of hydrogen-bond donors (Lipinski definition) is 1. The molecule has 0 spiro atoms. The first-order valence-electron chi connectivity index (χ1n) is 3.99. The number of carbonyl (C=O) groups excluding carboxylic acids is 1. The molecule has 5 heteroatoms. The topological polar surface area (TPSA) is 77.2 Å². The maximum atomic E-state index is 10.9. The molecule has 4 nitrogen and oxygen atoms in total. The standard InChI is InChI=1S/C7H13NO3S/c8-12(10,11)5-6-2-1-3-7(9)4-6/h6H,1-5H2,(H2,8,10,11). The SMILES string of the molecule is NS(=O)(=O)CC1CCCC(=O)C1. The summed E-state index contributed by atoms with van der Waals surface area (Å²) in [5.74, 6) is 0.0785. The van der Waals surface area contributed by atoms with Gasteiger partial charge in [-0.05, 0) is 18.8 Å². The van der Waals surface area contributed by atoms with Gasteiger partial charge in [0.25, 0.3) is 0 Å². The van der Waals surface area contributed by atoms with Crippen molar-refractivity contribution >= 4 is 15.8 Å². The lowest BCUT2D eigenvalue weighted by Crippen LogP contribution is -2.27. The normalized spacial score (nSPS) is 25.8. The molecule has 0 radical (unpaired) electrons. The number of ketones is 1. The predicted octanol–water partition coefficient (Wildman–Crippen LogP) is 0.0342. The maximum Gasteiger partial charge on any atom is 0.209 e. The number of primary sulfonamides is 1. The van der Waals surface area contributed by atoms with Gasteiger partial charge in [-0.2, -0.15) is 0 Å². The zero-order chi connectivity index (χ0) is 9.19. The van der Waals surface area contributed by atoms with E-state index in [1.54, 1.807) is 0 Å². The highest BCUT2D eigenvalue weighted by Crippen LogP contribution is 2.21. The minimum atomic E-state index is -3.40. The Morgan fingerprint density at radius 2 is 2.17 bits per heavy atom. The predicted molar refractivity (Wildman–Crippen MR) is 44.9 cm³/mol. The molecule has 1 aliphatic rings. The quantitative estimate of drug-likeness (QED) is 0.669. The number of sulfonamides is 1. The highest BCUT2D eigenvalue weighted by molar-refractivity contribution is 7.89. The second-order valence-corrected chi connectivity index (χ2v) is 4.99. The molecule has 70 valence electrons. The van der Waals surface area contributed by atoms with Crippen LogP contribution in [0, 0.1) is 5.92 Å². The van der Waals surface area contributed by atoms with Crippen molar-refractivity contribution in [3.63, 3.8) is 0 Å². The molecule has 0 aromatic carbocycles. The Labute approximate surface area is 72.2 Å². The van der Waals surface area contributed by atoms with E-state index in [1.807, 2.05) is 0 Å². The van der Waals surface area contributed by atoms with E-state index in [0.29, 0.717) is 12.8 Å². The largest absolute Gasteiger partial charge is 0.300 e. The summed E-state index contributed by atoms with van der Waals surface area (Å²) >= 11 is 0. The van der Waals surface area contributed by atoms with Crippen LogP contribution in [0.15, 0.2) is 0 Å². The van der Waals surface area contributed by atoms with Crippen LogP contribution in [0.5, 0.6) is 0 Å². The van der Waals surface area contributed by atoms with Gasteiger partial charge in [0.2, 0.25) is 10.0 Å². The van der Waals surface area contributed by atoms with Crippen LogP contribution >= 0.6 is 0 Å². The van der Waals surface area contributed by atoms with Crippen molar-refractivity contribution in [1.29, 1.82) is 0 Å². The molecule has 0 saturated heterocycles. The summed E-state index contributed by atoms with van der Waals surface area (Å²) in [6.07, 6.45) is 2.60. The molecule has 1 atom stereocenters. The highest BCUT2D eigenvalue weighted by Gasteiger charge is 2.22. The second-order valence-electron chi connectivity index (χ2n) is 3.33. The average molecular weight is 191 g/mol. The number of carbonyl (C=O) groups is 1. The van der Waals surface area contributed by atoms with Crippen molar-refractivity contribution < 1.29 is 13.2 Å². The van der Waals surface area contributed by atoms with Gasteiger partial charge in [0.1, 0.15) is 5.78 Å². The summed E-state index contributed by atoms with van der Waals surface area (Å²) in [6, 6.07) is 0. The molecule has 1 rings (SSSR count). The Balaban J connectivity index is 2.48. The Bertz CT molecular complexity index is 270. The lowest BCUT2D eigenvalue weighted by Gasteiger charge is -2.18. The van der Waals surface area contributed by atoms with E-state index in [4.69, 9.17) is 5.14 Å². The van der Waals surface area contributed by atoms with E-state index in [1.165, 1.54) is 0 Å². The van der Waals surface area contributed by atoms with Gasteiger partial charge in [0.15, 0.2) is 0 Å². The molecular formula is C7H13NO3S. The van der Waals surface area contributed by atoms with E-state index < -0.39 is 10.0 Å². The summed E-state index contributed by atoms with van der Waals surface area (Å²) in [7, 11) is -3.40. The fraction of sp³-hybridized carbons (Fsp3) is 0.857. The maximum absolute atomic E-state index is 10.9. The van der Waals surface area contributed by atoms with Crippen LogP contribution in [0.25, 0.3) is 0 Å². The lowest BCUT2D eigenvalue weighted by molar-refractivity contribution is -0.121. The molecule has 0 aromatic rings. The van der Waals surface area contributed by atoms with Gasteiger partial charge in [0, 0.05) is 12.8 Å². The summed E-state index contributed by atoms with van der Waals surface area (Å²) in [5, 5.41) is 4.87. The van der Waals surface area contributed by atoms with Gasteiger partial charge in [-0.25, -0.2) is 13.6 Å². The first-order chi connectivity index (χ1) is 5.47. The molecule has 1 aliphatic carbocycles. The molecule has 12 heavy (non-hydrogen) atoms. The smallest absolute Gasteiger partial charge is 0.209 e. The van der Waals surface area contributed by atoms with E-state index >= 15 is 0 Å². The summed E-state index contributed by atoms with van der Waals surface area (Å²) in [5.41, 5.74) is 0. The molecule has 2 N–H and O–H groups in total. The van der Waals surface area contributed by atoms with E-state index in [2.05, 4.69) is 0 Å². The number of Topliss-reactive ketones (excluding diaryl/α,β-unsaturated/α-hetero) is 1. The molecule has 0 amide bonds. The van der Waals surface area contributed by atoms with Crippen LogP contribution in [-0.4, -0.2) is 20.0 Å². The van der Waals surface area contributed by atoms with Crippen LogP contribution < -0.4 is 5.14 Å². The van der Waals surface area contributed by atoms with E-state index in [9.17, 15) is 13.2 Å². The van der Waals surface area contributed by atoms with Crippen molar-refractivity contribution in [2.24, 2.45) is 11.1 Å². The second kappa shape index (κ2) is 3.53. The fourth-order valence-electron chi connectivity index (χ4n) is 1.58. The molecule has 0 aromatic heterocycles. The number of rotatable bonds is 2. The number of nitrogens with two attached hydrogens (primary N) is 1. The third kappa shape index (κ3) is 3.32. The third-order valence-electron chi connectivity index (χ3n) is 2.05. The minimum Gasteiger partial charge on any atom is -0.300 e. The molecule has 1 fully saturated rings. The van der Waals surface area contributed by atoms with Gasteiger partial charge in [-0.3, -0.25) is 4.79 Å². The van der Waals surface area contributed by atoms with Gasteiger partial charge in [-0.15, -0.1) is 0 Å². The van der Waals surface area contributed by atoms with Gasteiger partial charge < -0.3 is 0 Å².